The summed E-state index contributed by atoms with van der Waals surface area (Å²) in [6, 6.07) is 0. The Balaban J connectivity index is 2.46. The first-order chi connectivity index (χ1) is 6.67. The number of hydrogen-bond donors (Lipinski definition) is 1. The summed E-state index contributed by atoms with van der Waals surface area (Å²) >= 11 is 0. The molecule has 2 bridgehead atoms. The third kappa shape index (κ3) is 1.29. The highest BCUT2D eigenvalue weighted by molar-refractivity contribution is 7.87. The number of carbonyl (C=O) groups is 1. The van der Waals surface area contributed by atoms with Gasteiger partial charge in [-0.05, 0) is 23.7 Å². The van der Waals surface area contributed by atoms with Crippen molar-refractivity contribution in [2.75, 3.05) is 0 Å². The van der Waals surface area contributed by atoms with Gasteiger partial charge >= 0.3 is 0 Å². The van der Waals surface area contributed by atoms with Crippen LogP contribution < -0.4 is 0 Å². The first-order valence-corrected chi connectivity index (χ1v) is 6.67. The summed E-state index contributed by atoms with van der Waals surface area (Å²) in [6.07, 6.45) is 0.609. The van der Waals surface area contributed by atoms with Crippen molar-refractivity contribution in [3.8, 4) is 0 Å². The van der Waals surface area contributed by atoms with Crippen LogP contribution in [0.2, 0.25) is 0 Å². The van der Waals surface area contributed by atoms with Gasteiger partial charge < -0.3 is 0 Å². The summed E-state index contributed by atoms with van der Waals surface area (Å²) in [5.41, 5.74) is -0.182. The monoisotopic (exact) mass is 232 g/mol. The Hall–Kier alpha value is -0.420. The maximum Gasteiger partial charge on any atom is 0.275 e. The second-order valence-corrected chi connectivity index (χ2v) is 6.93. The highest BCUT2D eigenvalue weighted by Crippen LogP contribution is 2.58. The van der Waals surface area contributed by atoms with Crippen LogP contribution in [0.4, 0.5) is 0 Å². The zero-order valence-corrected chi connectivity index (χ0v) is 9.91. The Morgan fingerprint density at radius 3 is 2.33 bits per heavy atom. The van der Waals surface area contributed by atoms with E-state index in [9.17, 15) is 13.2 Å². The molecule has 0 aromatic rings. The minimum Gasteiger partial charge on any atom is -0.298 e. The number of hydrogen-bond acceptors (Lipinski definition) is 3. The number of rotatable bonds is 1. The Bertz CT molecular complexity index is 409. The van der Waals surface area contributed by atoms with Gasteiger partial charge in [0.15, 0.2) is 5.78 Å². The van der Waals surface area contributed by atoms with Gasteiger partial charge in [-0.3, -0.25) is 9.35 Å². The predicted molar refractivity (Wildman–Crippen MR) is 54.9 cm³/mol. The average molecular weight is 232 g/mol. The van der Waals surface area contributed by atoms with Crippen molar-refractivity contribution in [2.45, 2.75) is 32.4 Å². The van der Waals surface area contributed by atoms with Crippen molar-refractivity contribution < 1.29 is 17.8 Å². The third-order valence-electron chi connectivity index (χ3n) is 4.57. The minimum atomic E-state index is -4.23. The van der Waals surface area contributed by atoms with Gasteiger partial charge in [0.1, 0.15) is 5.25 Å². The van der Waals surface area contributed by atoms with Crippen molar-refractivity contribution in [1.29, 1.82) is 0 Å². The molecule has 0 aromatic carbocycles. The summed E-state index contributed by atoms with van der Waals surface area (Å²) in [7, 11) is -4.23. The molecule has 0 heterocycles. The molecule has 0 amide bonds. The number of Topliss-reactive ketones (excluding diaryl/α,β-unsaturated/α-hetero) is 1. The van der Waals surface area contributed by atoms with E-state index in [0.717, 1.165) is 0 Å². The first kappa shape index (κ1) is 11.1. The lowest BCUT2D eigenvalue weighted by molar-refractivity contribution is -0.125. The van der Waals surface area contributed by atoms with E-state index in [1.807, 2.05) is 20.8 Å². The summed E-state index contributed by atoms with van der Waals surface area (Å²) in [6.45, 7) is 5.95. The quantitative estimate of drug-likeness (QED) is 0.688. The Labute approximate surface area is 89.8 Å². The fourth-order valence-electron chi connectivity index (χ4n) is 3.28. The molecule has 0 spiro atoms. The van der Waals surface area contributed by atoms with E-state index in [1.165, 1.54) is 0 Å². The maximum atomic E-state index is 11.8. The molecule has 4 atom stereocenters. The second kappa shape index (κ2) is 2.83. The smallest absolute Gasteiger partial charge is 0.275 e. The lowest BCUT2D eigenvalue weighted by Gasteiger charge is -2.38. The van der Waals surface area contributed by atoms with Crippen molar-refractivity contribution in [3.05, 3.63) is 0 Å². The molecule has 2 aliphatic carbocycles. The molecule has 0 radical (unpaired) electrons. The molecule has 0 saturated heterocycles. The maximum absolute atomic E-state index is 11.8. The van der Waals surface area contributed by atoms with Gasteiger partial charge in [-0.2, -0.15) is 8.42 Å². The van der Waals surface area contributed by atoms with E-state index < -0.39 is 15.4 Å². The second-order valence-electron chi connectivity index (χ2n) is 5.40. The molecule has 2 fully saturated rings. The number of carbonyl (C=O) groups excluding carboxylic acids is 1. The van der Waals surface area contributed by atoms with Gasteiger partial charge in [-0.1, -0.05) is 20.8 Å². The highest BCUT2D eigenvalue weighted by Gasteiger charge is 2.63. The van der Waals surface area contributed by atoms with E-state index in [4.69, 9.17) is 4.55 Å². The third-order valence-corrected chi connectivity index (χ3v) is 5.78. The predicted octanol–water partition coefficient (Wildman–Crippen LogP) is 1.12. The van der Waals surface area contributed by atoms with Crippen molar-refractivity contribution in [2.24, 2.45) is 23.2 Å². The van der Waals surface area contributed by atoms with Crippen LogP contribution in [0.25, 0.3) is 0 Å². The van der Waals surface area contributed by atoms with Gasteiger partial charge in [0.25, 0.3) is 10.1 Å². The Kier molecular flexibility index (Phi) is 2.09. The molecule has 2 aliphatic rings. The van der Waals surface area contributed by atoms with E-state index in [2.05, 4.69) is 0 Å². The molecule has 0 unspecified atom stereocenters. The summed E-state index contributed by atoms with van der Waals surface area (Å²) in [4.78, 5) is 11.8. The zero-order chi connectivity index (χ0) is 11.6. The molecule has 5 heteroatoms. The largest absolute Gasteiger partial charge is 0.298 e. The fraction of sp³-hybridized carbons (Fsp3) is 0.900. The normalized spacial score (nSPS) is 43.6. The lowest BCUT2D eigenvalue weighted by atomic mass is 9.69. The summed E-state index contributed by atoms with van der Waals surface area (Å²) in [5, 5.41) is -1.17. The lowest BCUT2D eigenvalue weighted by Crippen LogP contribution is -2.46. The summed E-state index contributed by atoms with van der Waals surface area (Å²) in [5.74, 6) is -0.487. The van der Waals surface area contributed by atoms with Crippen LogP contribution in [0.1, 0.15) is 27.2 Å². The molecular formula is C10H16O4S. The highest BCUT2D eigenvalue weighted by atomic mass is 32.2. The molecular weight excluding hydrogens is 216 g/mol. The average Bonchev–Trinajstić information content (AvgIpc) is 2.48. The molecule has 2 saturated carbocycles. The van der Waals surface area contributed by atoms with Crippen LogP contribution in [-0.4, -0.2) is 24.0 Å². The molecule has 4 nitrogen and oxygen atoms in total. The van der Waals surface area contributed by atoms with E-state index in [1.54, 1.807) is 0 Å². The van der Waals surface area contributed by atoms with Gasteiger partial charge in [0.05, 0.1) is 0 Å². The van der Waals surface area contributed by atoms with Crippen LogP contribution in [0, 0.1) is 23.2 Å². The van der Waals surface area contributed by atoms with Crippen LogP contribution >= 0.6 is 0 Å². The van der Waals surface area contributed by atoms with E-state index >= 15 is 0 Å². The zero-order valence-electron chi connectivity index (χ0n) is 9.10. The molecule has 0 aromatic heterocycles. The molecule has 86 valence electrons. The summed E-state index contributed by atoms with van der Waals surface area (Å²) < 4.78 is 31.4. The fourth-order valence-corrected chi connectivity index (χ4v) is 4.62. The van der Waals surface area contributed by atoms with Crippen molar-refractivity contribution in [1.82, 2.24) is 0 Å². The van der Waals surface area contributed by atoms with Gasteiger partial charge in [0, 0.05) is 5.92 Å². The molecule has 2 rings (SSSR count). The standard InChI is InChI=1S/C10H16O4S/c1-5-6-4-7(10(5,2)3)9(8(6)11)15(12,13)14/h5-7,9H,4H2,1-3H3,(H,12,13,14)/t5-,6+,7-,9+/m0/s1. The van der Waals surface area contributed by atoms with Gasteiger partial charge in [0.2, 0.25) is 0 Å². The van der Waals surface area contributed by atoms with Gasteiger partial charge in [-0.25, -0.2) is 0 Å². The van der Waals surface area contributed by atoms with Crippen LogP contribution in [0.3, 0.4) is 0 Å². The number of ketones is 1. The number of fused-ring (bicyclic) bond motifs is 2. The Morgan fingerprint density at radius 2 is 1.93 bits per heavy atom. The molecule has 1 N–H and O–H groups in total. The van der Waals surface area contributed by atoms with Crippen molar-refractivity contribution >= 4 is 15.9 Å². The van der Waals surface area contributed by atoms with Crippen molar-refractivity contribution in [3.63, 3.8) is 0 Å². The molecule has 0 aliphatic heterocycles. The first-order valence-electron chi connectivity index (χ1n) is 5.17. The molecule has 15 heavy (non-hydrogen) atoms. The van der Waals surface area contributed by atoms with Crippen LogP contribution in [0.5, 0.6) is 0 Å². The Morgan fingerprint density at radius 1 is 1.40 bits per heavy atom. The SMILES string of the molecule is C[C@H]1[C@H]2C[C@@H]([C@@H](S(=O)(=O)O)C2=O)C1(C)C. The van der Waals surface area contributed by atoms with Crippen LogP contribution in [-0.2, 0) is 14.9 Å². The minimum absolute atomic E-state index is 0.182. The topological polar surface area (TPSA) is 71.4 Å². The van der Waals surface area contributed by atoms with Gasteiger partial charge in [-0.15, -0.1) is 0 Å². The van der Waals surface area contributed by atoms with Crippen LogP contribution in [0.15, 0.2) is 0 Å². The van der Waals surface area contributed by atoms with E-state index in [-0.39, 0.29) is 29.0 Å². The van der Waals surface area contributed by atoms with E-state index in [0.29, 0.717) is 6.42 Å².